The van der Waals surface area contributed by atoms with Crippen molar-refractivity contribution in [2.75, 3.05) is 26.4 Å². The minimum Gasteiger partial charge on any atom is -0.462 e. The van der Waals surface area contributed by atoms with Gasteiger partial charge >= 0.3 is 19.8 Å². The first-order valence-corrected chi connectivity index (χ1v) is 24.3. The second kappa shape index (κ2) is 42.1. The highest BCUT2D eigenvalue weighted by molar-refractivity contribution is 7.47. The number of allylic oxidation sites excluding steroid dienone is 4. The van der Waals surface area contributed by atoms with Crippen molar-refractivity contribution < 1.29 is 37.6 Å². The van der Waals surface area contributed by atoms with Crippen molar-refractivity contribution in [3.8, 4) is 0 Å². The monoisotopic (exact) mass is 800 g/mol. The number of carbonyl (C=O) groups excluding carboxylic acids is 2. The summed E-state index contributed by atoms with van der Waals surface area (Å²) in [6, 6.07) is 0. The zero-order valence-corrected chi connectivity index (χ0v) is 36.6. The van der Waals surface area contributed by atoms with E-state index in [1.807, 2.05) is 0 Å². The Morgan fingerprint density at radius 1 is 0.545 bits per heavy atom. The Morgan fingerprint density at radius 3 is 1.42 bits per heavy atom. The number of hydrogen-bond donors (Lipinski definition) is 2. The number of nitrogens with two attached hydrogens (primary N) is 1. The molecule has 0 aliphatic rings. The van der Waals surface area contributed by atoms with E-state index in [9.17, 15) is 19.0 Å². The van der Waals surface area contributed by atoms with Crippen LogP contribution in [0.15, 0.2) is 24.3 Å². The number of phosphoric ester groups is 1. The number of rotatable bonds is 43. The van der Waals surface area contributed by atoms with Crippen molar-refractivity contribution >= 4 is 19.8 Å². The summed E-state index contributed by atoms with van der Waals surface area (Å²) >= 11 is 0. The topological polar surface area (TPSA) is 134 Å². The van der Waals surface area contributed by atoms with E-state index in [0.717, 1.165) is 51.4 Å². The Balaban J connectivity index is 4.10. The van der Waals surface area contributed by atoms with Crippen molar-refractivity contribution in [3.05, 3.63) is 24.3 Å². The highest BCUT2D eigenvalue weighted by Gasteiger charge is 2.26. The number of hydrogen-bond acceptors (Lipinski definition) is 8. The van der Waals surface area contributed by atoms with Gasteiger partial charge in [-0.05, 0) is 44.9 Å². The minimum absolute atomic E-state index is 0.0544. The average molecular weight is 800 g/mol. The first-order valence-electron chi connectivity index (χ1n) is 22.8. The van der Waals surface area contributed by atoms with Crippen LogP contribution in [0.1, 0.15) is 219 Å². The first-order chi connectivity index (χ1) is 26.8. The van der Waals surface area contributed by atoms with Gasteiger partial charge in [0.2, 0.25) is 0 Å². The van der Waals surface area contributed by atoms with Gasteiger partial charge in [0.1, 0.15) is 6.61 Å². The first kappa shape index (κ1) is 53.5. The fourth-order valence-electron chi connectivity index (χ4n) is 6.43. The largest absolute Gasteiger partial charge is 0.472 e. The van der Waals surface area contributed by atoms with E-state index in [-0.39, 0.29) is 38.6 Å². The fourth-order valence-corrected chi connectivity index (χ4v) is 7.20. The van der Waals surface area contributed by atoms with Crippen molar-refractivity contribution in [1.29, 1.82) is 0 Å². The van der Waals surface area contributed by atoms with Crippen LogP contribution in [0.25, 0.3) is 0 Å². The molecule has 0 amide bonds. The maximum absolute atomic E-state index is 12.6. The van der Waals surface area contributed by atoms with Crippen LogP contribution in [0.3, 0.4) is 0 Å². The van der Waals surface area contributed by atoms with Crippen LogP contribution in [-0.4, -0.2) is 49.3 Å². The molecule has 2 unspecified atom stereocenters. The van der Waals surface area contributed by atoms with Gasteiger partial charge in [-0.2, -0.15) is 0 Å². The molecule has 0 aliphatic heterocycles. The molecular weight excluding hydrogens is 713 g/mol. The van der Waals surface area contributed by atoms with Crippen molar-refractivity contribution in [2.24, 2.45) is 5.73 Å². The predicted molar refractivity (Wildman–Crippen MR) is 229 cm³/mol. The van der Waals surface area contributed by atoms with Gasteiger partial charge in [-0.1, -0.05) is 186 Å². The molecule has 0 aromatic heterocycles. The zero-order chi connectivity index (χ0) is 40.3. The van der Waals surface area contributed by atoms with E-state index in [1.54, 1.807) is 0 Å². The Bertz CT molecular complexity index is 959. The molecule has 0 heterocycles. The SMILES string of the molecule is CCCCC/C=C\C/C=C\CCCCCCCCCCCC(=O)OC(COC(=O)CCCCCCCCCCCCCCCCC)COP(=O)(O)OCCN. The van der Waals surface area contributed by atoms with Gasteiger partial charge in [0, 0.05) is 19.4 Å². The molecule has 55 heavy (non-hydrogen) atoms. The van der Waals surface area contributed by atoms with E-state index in [0.29, 0.717) is 6.42 Å². The van der Waals surface area contributed by atoms with E-state index >= 15 is 0 Å². The van der Waals surface area contributed by atoms with Crippen molar-refractivity contribution in [2.45, 2.75) is 225 Å². The maximum atomic E-state index is 12.6. The van der Waals surface area contributed by atoms with Gasteiger partial charge in [0.15, 0.2) is 6.10 Å². The predicted octanol–water partition coefficient (Wildman–Crippen LogP) is 13.2. The molecule has 0 rings (SSSR count). The molecule has 9 nitrogen and oxygen atoms in total. The highest BCUT2D eigenvalue weighted by atomic mass is 31.2. The van der Waals surface area contributed by atoms with E-state index < -0.39 is 26.5 Å². The van der Waals surface area contributed by atoms with Crippen LogP contribution in [0.2, 0.25) is 0 Å². The summed E-state index contributed by atoms with van der Waals surface area (Å²) in [6.45, 7) is 3.73. The summed E-state index contributed by atoms with van der Waals surface area (Å²) < 4.78 is 32.8. The minimum atomic E-state index is -4.37. The van der Waals surface area contributed by atoms with Gasteiger partial charge in [-0.3, -0.25) is 18.6 Å². The van der Waals surface area contributed by atoms with Crippen LogP contribution in [-0.2, 0) is 32.7 Å². The summed E-state index contributed by atoms with van der Waals surface area (Å²) in [5, 5.41) is 0. The lowest BCUT2D eigenvalue weighted by atomic mass is 10.0. The number of phosphoric acid groups is 1. The number of carbonyl (C=O) groups is 2. The summed E-state index contributed by atoms with van der Waals surface area (Å²) in [5.74, 6) is -0.824. The Morgan fingerprint density at radius 2 is 0.945 bits per heavy atom. The third kappa shape index (κ3) is 41.9. The Hall–Kier alpha value is -1.51. The van der Waals surface area contributed by atoms with E-state index in [4.69, 9.17) is 24.3 Å². The summed E-state index contributed by atoms with van der Waals surface area (Å²) in [6.07, 6.45) is 44.9. The molecule has 0 aromatic rings. The summed E-state index contributed by atoms with van der Waals surface area (Å²) in [5.41, 5.74) is 5.35. The molecule has 0 aliphatic carbocycles. The molecule has 0 spiro atoms. The van der Waals surface area contributed by atoms with E-state index in [1.165, 1.54) is 135 Å². The lowest BCUT2D eigenvalue weighted by Crippen LogP contribution is -2.29. The molecule has 3 N–H and O–H groups in total. The van der Waals surface area contributed by atoms with Crippen molar-refractivity contribution in [3.63, 3.8) is 0 Å². The molecule has 0 bridgehead atoms. The van der Waals surface area contributed by atoms with Gasteiger partial charge in [-0.25, -0.2) is 4.57 Å². The lowest BCUT2D eigenvalue weighted by molar-refractivity contribution is -0.161. The molecule has 0 aromatic carbocycles. The molecule has 324 valence electrons. The van der Waals surface area contributed by atoms with E-state index in [2.05, 4.69) is 38.2 Å². The van der Waals surface area contributed by atoms with Gasteiger partial charge in [0.25, 0.3) is 0 Å². The Kier molecular flexibility index (Phi) is 40.9. The van der Waals surface area contributed by atoms with Gasteiger partial charge in [-0.15, -0.1) is 0 Å². The van der Waals surface area contributed by atoms with Gasteiger partial charge in [0.05, 0.1) is 13.2 Å². The molecule has 10 heteroatoms. The van der Waals surface area contributed by atoms with Crippen LogP contribution in [0.4, 0.5) is 0 Å². The molecule has 0 fully saturated rings. The zero-order valence-electron chi connectivity index (χ0n) is 35.7. The number of unbranched alkanes of at least 4 members (excludes halogenated alkanes) is 26. The molecule has 2 atom stereocenters. The second-order valence-electron chi connectivity index (χ2n) is 15.3. The van der Waals surface area contributed by atoms with Gasteiger partial charge < -0.3 is 20.1 Å². The number of ether oxygens (including phenoxy) is 2. The van der Waals surface area contributed by atoms with Crippen LogP contribution in [0, 0.1) is 0 Å². The third-order valence-electron chi connectivity index (χ3n) is 9.84. The smallest absolute Gasteiger partial charge is 0.462 e. The molecule has 0 radical (unpaired) electrons. The quantitative estimate of drug-likeness (QED) is 0.0267. The standard InChI is InChI=1S/C45H86NO8P/c1-3-5-7-9-11-13-15-17-19-20-21-22-24-26-28-30-32-34-36-38-45(48)54-43(42-53-55(49,50)52-40-39-46)41-51-44(47)37-35-33-31-29-27-25-23-18-16-14-12-10-8-6-4-2/h11,13,17,19,43H,3-10,12,14-16,18,20-42,46H2,1-2H3,(H,49,50)/b13-11-,19-17-. The second-order valence-corrected chi connectivity index (χ2v) is 16.7. The summed E-state index contributed by atoms with van der Waals surface area (Å²) in [4.78, 5) is 34.9. The Labute approximate surface area is 338 Å². The third-order valence-corrected chi connectivity index (χ3v) is 10.8. The molecule has 0 saturated heterocycles. The highest BCUT2D eigenvalue weighted by Crippen LogP contribution is 2.43. The summed E-state index contributed by atoms with van der Waals surface area (Å²) in [7, 11) is -4.37. The fraction of sp³-hybridized carbons (Fsp3) is 0.867. The van der Waals surface area contributed by atoms with Crippen LogP contribution < -0.4 is 5.73 Å². The normalized spacial score (nSPS) is 13.5. The molecule has 0 saturated carbocycles. The van der Waals surface area contributed by atoms with Crippen LogP contribution in [0.5, 0.6) is 0 Å². The number of esters is 2. The maximum Gasteiger partial charge on any atom is 0.472 e. The molecular formula is C45H86NO8P. The lowest BCUT2D eigenvalue weighted by Gasteiger charge is -2.19. The van der Waals surface area contributed by atoms with Crippen LogP contribution >= 0.6 is 7.82 Å². The average Bonchev–Trinajstić information content (AvgIpc) is 3.17. The van der Waals surface area contributed by atoms with Crippen molar-refractivity contribution in [1.82, 2.24) is 0 Å².